The summed E-state index contributed by atoms with van der Waals surface area (Å²) < 4.78 is 0. The van der Waals surface area contributed by atoms with Gasteiger partial charge in [-0.25, -0.2) is 15.0 Å². The fourth-order valence-corrected chi connectivity index (χ4v) is 6.96. The van der Waals surface area contributed by atoms with Crippen molar-refractivity contribution >= 4 is 21.8 Å². The molecule has 0 aliphatic carbocycles. The zero-order valence-corrected chi connectivity index (χ0v) is 28.1. The summed E-state index contributed by atoms with van der Waals surface area (Å²) in [4.78, 5) is 15.4. The molecule has 0 bridgehead atoms. The van der Waals surface area contributed by atoms with Gasteiger partial charge in [0.1, 0.15) is 0 Å². The molecule has 0 radical (unpaired) electrons. The number of fused-ring (bicyclic) bond motifs is 2. The van der Waals surface area contributed by atoms with E-state index >= 15 is 0 Å². The summed E-state index contributed by atoms with van der Waals surface area (Å²) in [5.74, 6) is 0. The van der Waals surface area contributed by atoms with E-state index in [1.54, 1.807) is 0 Å². The molecule has 9 aromatic rings. The summed E-state index contributed by atoms with van der Waals surface area (Å²) in [5.41, 5.74) is 14.1. The summed E-state index contributed by atoms with van der Waals surface area (Å²) in [5, 5.41) is 11.9. The van der Waals surface area contributed by atoms with E-state index in [4.69, 9.17) is 15.0 Å². The van der Waals surface area contributed by atoms with Crippen LogP contribution in [0.2, 0.25) is 0 Å². The van der Waals surface area contributed by atoms with Gasteiger partial charge in [-0.2, -0.15) is 5.26 Å². The molecular weight excluding hydrogens is 633 g/mol. The first-order chi connectivity index (χ1) is 25.7. The van der Waals surface area contributed by atoms with Crippen molar-refractivity contribution < 1.29 is 0 Å². The first kappa shape index (κ1) is 30.8. The number of hydrogen-bond donors (Lipinski definition) is 0. The summed E-state index contributed by atoms with van der Waals surface area (Å²) in [6.07, 6.45) is 0. The van der Waals surface area contributed by atoms with Crippen molar-refractivity contribution in [3.05, 3.63) is 188 Å². The molecule has 0 atom stereocenters. The maximum atomic E-state index is 9.68. The smallest absolute Gasteiger partial charge is 0.0991 e. The minimum absolute atomic E-state index is 0.583. The van der Waals surface area contributed by atoms with E-state index in [2.05, 4.69) is 127 Å². The van der Waals surface area contributed by atoms with E-state index in [0.29, 0.717) is 5.56 Å². The molecular formula is C48H30N4. The Balaban J connectivity index is 1.20. The number of nitrogens with zero attached hydrogens (tertiary/aromatic N) is 4. The van der Waals surface area contributed by atoms with E-state index in [-0.39, 0.29) is 0 Å². The largest absolute Gasteiger partial charge is 0.248 e. The number of hydrogen-bond acceptors (Lipinski definition) is 4. The Morgan fingerprint density at radius 3 is 1.54 bits per heavy atom. The Bertz CT molecular complexity index is 2740. The number of aromatic nitrogens is 3. The van der Waals surface area contributed by atoms with Crippen molar-refractivity contribution in [1.29, 1.82) is 5.26 Å². The van der Waals surface area contributed by atoms with Gasteiger partial charge in [0.2, 0.25) is 0 Å². The summed E-state index contributed by atoms with van der Waals surface area (Å²) in [7, 11) is 0. The van der Waals surface area contributed by atoms with Crippen LogP contribution in [0.1, 0.15) is 5.56 Å². The Labute approximate surface area is 302 Å². The number of rotatable bonds is 6. The van der Waals surface area contributed by atoms with Crippen LogP contribution in [0.5, 0.6) is 0 Å². The van der Waals surface area contributed by atoms with Gasteiger partial charge >= 0.3 is 0 Å². The monoisotopic (exact) mass is 662 g/mol. The average Bonchev–Trinajstić information content (AvgIpc) is 3.23. The molecule has 4 heteroatoms. The van der Waals surface area contributed by atoms with Crippen molar-refractivity contribution in [2.45, 2.75) is 0 Å². The molecule has 242 valence electrons. The molecule has 0 amide bonds. The van der Waals surface area contributed by atoms with Gasteiger partial charge in [0.15, 0.2) is 0 Å². The Hall–Kier alpha value is -7.22. The first-order valence-corrected chi connectivity index (χ1v) is 17.2. The van der Waals surface area contributed by atoms with E-state index in [0.717, 1.165) is 89.1 Å². The third-order valence-corrected chi connectivity index (χ3v) is 9.49. The van der Waals surface area contributed by atoms with Gasteiger partial charge in [0, 0.05) is 22.3 Å². The summed E-state index contributed by atoms with van der Waals surface area (Å²) >= 11 is 0. The van der Waals surface area contributed by atoms with Crippen LogP contribution in [-0.2, 0) is 0 Å². The molecule has 0 unspecified atom stereocenters. The van der Waals surface area contributed by atoms with Gasteiger partial charge in [-0.05, 0) is 75.5 Å². The normalized spacial score (nSPS) is 11.1. The van der Waals surface area contributed by atoms with E-state index in [1.165, 1.54) is 0 Å². The third-order valence-electron chi connectivity index (χ3n) is 9.49. The van der Waals surface area contributed by atoms with Crippen LogP contribution in [0.25, 0.3) is 89.1 Å². The molecule has 2 heterocycles. The molecule has 2 aromatic heterocycles. The lowest BCUT2D eigenvalue weighted by Gasteiger charge is -2.16. The van der Waals surface area contributed by atoms with Crippen LogP contribution >= 0.6 is 0 Å². The molecule has 0 saturated carbocycles. The van der Waals surface area contributed by atoms with Gasteiger partial charge in [-0.3, -0.25) is 0 Å². The number of para-hydroxylation sites is 2. The lowest BCUT2D eigenvalue weighted by Crippen LogP contribution is -1.97. The van der Waals surface area contributed by atoms with Gasteiger partial charge in [-0.15, -0.1) is 0 Å². The minimum Gasteiger partial charge on any atom is -0.248 e. The second kappa shape index (κ2) is 13.2. The van der Waals surface area contributed by atoms with Gasteiger partial charge < -0.3 is 0 Å². The minimum atomic E-state index is 0.583. The first-order valence-electron chi connectivity index (χ1n) is 17.2. The van der Waals surface area contributed by atoms with Gasteiger partial charge in [0.25, 0.3) is 0 Å². The van der Waals surface area contributed by atoms with Crippen LogP contribution in [0.4, 0.5) is 0 Å². The Kier molecular flexibility index (Phi) is 7.85. The topological polar surface area (TPSA) is 62.5 Å². The van der Waals surface area contributed by atoms with E-state index in [9.17, 15) is 5.26 Å². The molecule has 0 spiro atoms. The predicted octanol–water partition coefficient (Wildman–Crippen LogP) is 12.1. The Morgan fingerprint density at radius 1 is 0.346 bits per heavy atom. The highest BCUT2D eigenvalue weighted by Gasteiger charge is 2.18. The van der Waals surface area contributed by atoms with E-state index < -0.39 is 0 Å². The van der Waals surface area contributed by atoms with Gasteiger partial charge in [0.05, 0.1) is 45.4 Å². The molecule has 9 rings (SSSR count). The van der Waals surface area contributed by atoms with Gasteiger partial charge in [-0.1, -0.05) is 140 Å². The summed E-state index contributed by atoms with van der Waals surface area (Å²) in [6.45, 7) is 0. The van der Waals surface area contributed by atoms with Crippen molar-refractivity contribution in [2.75, 3.05) is 0 Å². The van der Waals surface area contributed by atoms with Crippen LogP contribution < -0.4 is 0 Å². The van der Waals surface area contributed by atoms with Crippen molar-refractivity contribution in [3.8, 4) is 73.4 Å². The molecule has 52 heavy (non-hydrogen) atoms. The zero-order valence-electron chi connectivity index (χ0n) is 28.1. The van der Waals surface area contributed by atoms with Crippen LogP contribution in [0, 0.1) is 11.3 Å². The van der Waals surface area contributed by atoms with Crippen LogP contribution in [0.3, 0.4) is 0 Å². The lowest BCUT2D eigenvalue weighted by atomic mass is 9.91. The zero-order chi connectivity index (χ0) is 34.9. The molecule has 7 aromatic carbocycles. The molecule has 0 aliphatic rings. The molecule has 0 N–H and O–H groups in total. The molecule has 0 aliphatic heterocycles. The SMILES string of the molecule is N#Cc1cccc(-c2nc3ccccc3nc2-c2ccc(-c3cccc(-c4cc(-c5ccccc5)nc(-c5ccccc5)c4)c3)c3ccccc23)c1. The average molecular weight is 663 g/mol. The second-order valence-corrected chi connectivity index (χ2v) is 12.7. The number of benzene rings is 7. The Morgan fingerprint density at radius 2 is 0.865 bits per heavy atom. The fraction of sp³-hybridized carbons (Fsp3) is 0. The third kappa shape index (κ3) is 5.77. The highest BCUT2D eigenvalue weighted by molar-refractivity contribution is 6.06. The van der Waals surface area contributed by atoms with Crippen molar-refractivity contribution in [2.24, 2.45) is 0 Å². The second-order valence-electron chi connectivity index (χ2n) is 12.7. The number of nitriles is 1. The molecule has 0 saturated heterocycles. The quantitative estimate of drug-likeness (QED) is 0.178. The fourth-order valence-electron chi connectivity index (χ4n) is 6.96. The summed E-state index contributed by atoms with van der Waals surface area (Å²) in [6, 6.07) is 64.5. The van der Waals surface area contributed by atoms with Crippen molar-refractivity contribution in [1.82, 2.24) is 15.0 Å². The van der Waals surface area contributed by atoms with Crippen LogP contribution in [-0.4, -0.2) is 15.0 Å². The maximum Gasteiger partial charge on any atom is 0.0991 e. The standard InChI is InChI=1S/C48H30N4/c49-31-32-13-11-20-37(27-32)47-48(52-44-24-10-9-23-43(44)51-47)42-26-25-39(40-21-7-8-22-41(40)42)36-19-12-18-35(28-36)38-29-45(33-14-3-1-4-15-33)50-46(30-38)34-16-5-2-6-17-34/h1-30H. The van der Waals surface area contributed by atoms with E-state index in [1.807, 2.05) is 60.7 Å². The molecule has 0 fully saturated rings. The lowest BCUT2D eigenvalue weighted by molar-refractivity contribution is 1.29. The number of pyridine rings is 1. The highest BCUT2D eigenvalue weighted by atomic mass is 14.8. The highest BCUT2D eigenvalue weighted by Crippen LogP contribution is 2.40. The van der Waals surface area contributed by atoms with Crippen molar-refractivity contribution in [3.63, 3.8) is 0 Å². The predicted molar refractivity (Wildman–Crippen MR) is 212 cm³/mol. The van der Waals surface area contributed by atoms with Crippen LogP contribution in [0.15, 0.2) is 182 Å². The molecule has 4 nitrogen and oxygen atoms in total. The maximum absolute atomic E-state index is 9.68.